The molecule has 0 saturated heterocycles. The van der Waals surface area contributed by atoms with Crippen LogP contribution in [-0.2, 0) is 4.79 Å². The summed E-state index contributed by atoms with van der Waals surface area (Å²) in [7, 11) is 0. The van der Waals surface area contributed by atoms with Crippen LogP contribution >= 0.6 is 11.3 Å². The van der Waals surface area contributed by atoms with Crippen LogP contribution in [0.5, 0.6) is 0 Å². The van der Waals surface area contributed by atoms with E-state index in [9.17, 15) is 14.7 Å². The third kappa shape index (κ3) is 3.42. The van der Waals surface area contributed by atoms with Gasteiger partial charge in [-0.1, -0.05) is 36.4 Å². The summed E-state index contributed by atoms with van der Waals surface area (Å²) in [5.74, 6) is -1.92. The lowest BCUT2D eigenvalue weighted by Gasteiger charge is -2.13. The highest BCUT2D eigenvalue weighted by atomic mass is 32.1. The summed E-state index contributed by atoms with van der Waals surface area (Å²) >= 11 is 1.33. The number of aliphatic carboxylic acids is 1. The van der Waals surface area contributed by atoms with Crippen molar-refractivity contribution in [1.82, 2.24) is 5.32 Å². The van der Waals surface area contributed by atoms with Crippen molar-refractivity contribution >= 4 is 23.2 Å². The van der Waals surface area contributed by atoms with Crippen LogP contribution in [0.1, 0.15) is 21.2 Å². The number of carboxylic acid groups (broad SMARTS) is 1. The van der Waals surface area contributed by atoms with E-state index in [4.69, 9.17) is 0 Å². The molecule has 0 radical (unpaired) electrons. The molecule has 0 aliphatic rings. The average Bonchev–Trinajstić information content (AvgIpc) is 2.93. The lowest BCUT2D eigenvalue weighted by molar-refractivity contribution is -0.138. The smallest absolute Gasteiger partial charge is 0.312 e. The fourth-order valence-electron chi connectivity index (χ4n) is 1.72. The topological polar surface area (TPSA) is 66.4 Å². The van der Waals surface area contributed by atoms with Crippen LogP contribution in [0.2, 0.25) is 0 Å². The molecule has 1 atom stereocenters. The number of benzene rings is 1. The molecule has 1 heterocycles. The minimum Gasteiger partial charge on any atom is -0.481 e. The molecule has 0 aliphatic heterocycles. The Labute approximate surface area is 114 Å². The van der Waals surface area contributed by atoms with Gasteiger partial charge in [-0.15, -0.1) is 11.3 Å². The Morgan fingerprint density at radius 3 is 2.47 bits per heavy atom. The molecule has 98 valence electrons. The first-order valence-corrected chi connectivity index (χ1v) is 6.66. The number of nitrogens with one attached hydrogen (secondary N) is 1. The Bertz CT molecular complexity index is 551. The normalized spacial score (nSPS) is 11.8. The number of rotatable bonds is 5. The van der Waals surface area contributed by atoms with Gasteiger partial charge in [-0.2, -0.15) is 0 Å². The van der Waals surface area contributed by atoms with E-state index in [2.05, 4.69) is 5.32 Å². The molecule has 5 heteroatoms. The number of thiophene rings is 1. The molecular weight excluding hydrogens is 262 g/mol. The molecule has 1 aromatic carbocycles. The second kappa shape index (κ2) is 6.15. The first-order valence-electron chi connectivity index (χ1n) is 5.78. The molecule has 0 aliphatic carbocycles. The molecule has 0 fully saturated rings. The zero-order valence-electron chi connectivity index (χ0n) is 10.1. The summed E-state index contributed by atoms with van der Waals surface area (Å²) < 4.78 is 0. The van der Waals surface area contributed by atoms with Crippen LogP contribution in [0.15, 0.2) is 47.8 Å². The molecule has 0 bridgehead atoms. The number of carboxylic acids is 1. The van der Waals surface area contributed by atoms with Crippen molar-refractivity contribution in [2.24, 2.45) is 0 Å². The van der Waals surface area contributed by atoms with Gasteiger partial charge < -0.3 is 10.4 Å². The Morgan fingerprint density at radius 1 is 1.16 bits per heavy atom. The molecule has 1 aromatic heterocycles. The van der Waals surface area contributed by atoms with E-state index in [-0.39, 0.29) is 12.5 Å². The summed E-state index contributed by atoms with van der Waals surface area (Å²) in [6.45, 7) is 0.0794. The second-order valence-electron chi connectivity index (χ2n) is 3.99. The van der Waals surface area contributed by atoms with E-state index >= 15 is 0 Å². The first kappa shape index (κ1) is 13.3. The average molecular weight is 275 g/mol. The molecule has 2 rings (SSSR count). The second-order valence-corrected chi connectivity index (χ2v) is 4.94. The Kier molecular flexibility index (Phi) is 4.30. The first-order chi connectivity index (χ1) is 9.18. The lowest BCUT2D eigenvalue weighted by Crippen LogP contribution is -2.31. The molecule has 2 N–H and O–H groups in total. The molecule has 4 nitrogen and oxygen atoms in total. The maximum absolute atomic E-state index is 11.8. The van der Waals surface area contributed by atoms with Crippen LogP contribution < -0.4 is 5.32 Å². The molecule has 2 aromatic rings. The van der Waals surface area contributed by atoms with Gasteiger partial charge in [0.15, 0.2) is 0 Å². The summed E-state index contributed by atoms with van der Waals surface area (Å²) in [5, 5.41) is 13.7. The quantitative estimate of drug-likeness (QED) is 0.880. The highest BCUT2D eigenvalue weighted by molar-refractivity contribution is 7.12. The Morgan fingerprint density at radius 2 is 1.89 bits per heavy atom. The molecule has 19 heavy (non-hydrogen) atoms. The van der Waals surface area contributed by atoms with Gasteiger partial charge in [-0.3, -0.25) is 9.59 Å². The molecule has 0 spiro atoms. The number of carbonyl (C=O) groups is 2. The maximum Gasteiger partial charge on any atom is 0.312 e. The number of hydrogen-bond donors (Lipinski definition) is 2. The molecule has 0 unspecified atom stereocenters. The van der Waals surface area contributed by atoms with Gasteiger partial charge >= 0.3 is 5.97 Å². The van der Waals surface area contributed by atoms with Gasteiger partial charge in [-0.25, -0.2) is 0 Å². The van der Waals surface area contributed by atoms with E-state index in [1.807, 2.05) is 6.07 Å². The fraction of sp³-hybridized carbons (Fsp3) is 0.143. The van der Waals surface area contributed by atoms with E-state index in [1.54, 1.807) is 41.8 Å². The van der Waals surface area contributed by atoms with Crippen molar-refractivity contribution in [2.75, 3.05) is 6.54 Å². The van der Waals surface area contributed by atoms with Crippen LogP contribution in [0, 0.1) is 0 Å². The van der Waals surface area contributed by atoms with Crippen LogP contribution in [0.25, 0.3) is 0 Å². The third-order valence-corrected chi connectivity index (χ3v) is 3.58. The van der Waals surface area contributed by atoms with Crippen LogP contribution in [0.3, 0.4) is 0 Å². The predicted molar refractivity (Wildman–Crippen MR) is 73.5 cm³/mol. The van der Waals surface area contributed by atoms with Crippen molar-refractivity contribution in [3.8, 4) is 0 Å². The number of amides is 1. The molecule has 0 saturated carbocycles. The Hall–Kier alpha value is -2.14. The van der Waals surface area contributed by atoms with E-state index in [1.165, 1.54) is 11.3 Å². The minimum absolute atomic E-state index is 0.0794. The third-order valence-electron chi connectivity index (χ3n) is 2.71. The zero-order chi connectivity index (χ0) is 13.7. The van der Waals surface area contributed by atoms with E-state index < -0.39 is 11.9 Å². The van der Waals surface area contributed by atoms with Gasteiger partial charge in [-0.05, 0) is 17.0 Å². The number of hydrogen-bond acceptors (Lipinski definition) is 3. The summed E-state index contributed by atoms with van der Waals surface area (Å²) in [6, 6.07) is 12.4. The fourth-order valence-corrected chi connectivity index (χ4v) is 2.36. The van der Waals surface area contributed by atoms with E-state index in [0.29, 0.717) is 10.4 Å². The van der Waals surface area contributed by atoms with Crippen molar-refractivity contribution in [2.45, 2.75) is 5.92 Å². The van der Waals surface area contributed by atoms with E-state index in [0.717, 1.165) is 0 Å². The minimum atomic E-state index is -0.947. The monoisotopic (exact) mass is 275 g/mol. The Balaban J connectivity index is 2.03. The SMILES string of the molecule is O=C(NC[C@H](C(=O)O)c1ccccc1)c1cccs1. The highest BCUT2D eigenvalue weighted by Gasteiger charge is 2.20. The van der Waals surface area contributed by atoms with Gasteiger partial charge in [0.2, 0.25) is 0 Å². The lowest BCUT2D eigenvalue weighted by atomic mass is 9.99. The maximum atomic E-state index is 11.8. The molecule has 1 amide bonds. The van der Waals surface area contributed by atoms with Gasteiger partial charge in [0.05, 0.1) is 10.8 Å². The van der Waals surface area contributed by atoms with Crippen molar-refractivity contribution < 1.29 is 14.7 Å². The van der Waals surface area contributed by atoms with Gasteiger partial charge in [0.25, 0.3) is 5.91 Å². The zero-order valence-corrected chi connectivity index (χ0v) is 10.9. The highest BCUT2D eigenvalue weighted by Crippen LogP contribution is 2.15. The largest absolute Gasteiger partial charge is 0.481 e. The van der Waals surface area contributed by atoms with Gasteiger partial charge in [0, 0.05) is 6.54 Å². The number of carbonyl (C=O) groups excluding carboxylic acids is 1. The standard InChI is InChI=1S/C14H13NO3S/c16-13(12-7-4-8-19-12)15-9-11(14(17)18)10-5-2-1-3-6-10/h1-8,11H,9H2,(H,15,16)(H,17,18)/t11-/m0/s1. The van der Waals surface area contributed by atoms with Crippen molar-refractivity contribution in [1.29, 1.82) is 0 Å². The summed E-state index contributed by atoms with van der Waals surface area (Å²) in [6.07, 6.45) is 0. The van der Waals surface area contributed by atoms with Crippen molar-refractivity contribution in [3.63, 3.8) is 0 Å². The van der Waals surface area contributed by atoms with Crippen molar-refractivity contribution in [3.05, 3.63) is 58.3 Å². The predicted octanol–water partition coefficient (Wildman–Crippen LogP) is 2.35. The summed E-state index contributed by atoms with van der Waals surface area (Å²) in [5.41, 5.74) is 0.682. The summed E-state index contributed by atoms with van der Waals surface area (Å²) in [4.78, 5) is 23.6. The molecular formula is C14H13NO3S. The van der Waals surface area contributed by atoms with Crippen LogP contribution in [-0.4, -0.2) is 23.5 Å². The van der Waals surface area contributed by atoms with Gasteiger partial charge in [0.1, 0.15) is 0 Å². The van der Waals surface area contributed by atoms with Crippen LogP contribution in [0.4, 0.5) is 0 Å².